The molecule has 2 rings (SSSR count). The van der Waals surface area contributed by atoms with Gasteiger partial charge in [0.15, 0.2) is 11.5 Å². The van der Waals surface area contributed by atoms with Crippen molar-refractivity contribution < 1.29 is 9.47 Å². The molecule has 0 bridgehead atoms. The maximum Gasteiger partial charge on any atom is 0.162 e. The van der Waals surface area contributed by atoms with Crippen LogP contribution in [0, 0.1) is 5.41 Å². The van der Waals surface area contributed by atoms with E-state index in [1.54, 1.807) is 7.11 Å². The summed E-state index contributed by atoms with van der Waals surface area (Å²) in [5, 5.41) is 3.64. The topological polar surface area (TPSA) is 30.5 Å². The minimum atomic E-state index is 0.367. The Morgan fingerprint density at radius 3 is 2.68 bits per heavy atom. The molecule has 106 valence electrons. The van der Waals surface area contributed by atoms with Gasteiger partial charge in [0, 0.05) is 17.8 Å². The molecule has 19 heavy (non-hydrogen) atoms. The number of hydrogen-bond donors (Lipinski definition) is 1. The van der Waals surface area contributed by atoms with Crippen molar-refractivity contribution in [1.29, 1.82) is 0 Å². The van der Waals surface area contributed by atoms with E-state index in [0.717, 1.165) is 17.2 Å². The molecule has 1 N–H and O–H groups in total. The third-order valence-electron chi connectivity index (χ3n) is 4.06. The van der Waals surface area contributed by atoms with Gasteiger partial charge in [0.1, 0.15) is 0 Å². The van der Waals surface area contributed by atoms with Gasteiger partial charge in [-0.05, 0) is 37.3 Å². The Kier molecular flexibility index (Phi) is 4.23. The lowest BCUT2D eigenvalue weighted by Crippen LogP contribution is -2.30. The van der Waals surface area contributed by atoms with Crippen molar-refractivity contribution >= 4 is 5.69 Å². The quantitative estimate of drug-likeness (QED) is 0.868. The fourth-order valence-electron chi connectivity index (χ4n) is 2.83. The van der Waals surface area contributed by atoms with Crippen LogP contribution in [0.25, 0.3) is 0 Å². The number of methoxy groups -OCH3 is 1. The Balaban J connectivity index is 2.13. The van der Waals surface area contributed by atoms with E-state index in [9.17, 15) is 0 Å². The molecule has 0 spiro atoms. The molecule has 0 radical (unpaired) electrons. The van der Waals surface area contributed by atoms with Gasteiger partial charge < -0.3 is 14.8 Å². The summed E-state index contributed by atoms with van der Waals surface area (Å²) < 4.78 is 10.9. The number of nitrogens with one attached hydrogen (secondary N) is 1. The zero-order chi connectivity index (χ0) is 13.9. The van der Waals surface area contributed by atoms with Crippen molar-refractivity contribution in [1.82, 2.24) is 0 Å². The predicted molar refractivity (Wildman–Crippen MR) is 79.2 cm³/mol. The van der Waals surface area contributed by atoms with E-state index < -0.39 is 0 Å². The number of rotatable bonds is 5. The lowest BCUT2D eigenvalue weighted by Gasteiger charge is -2.29. The van der Waals surface area contributed by atoms with E-state index in [0.29, 0.717) is 18.1 Å². The molecule has 1 aliphatic rings. The third kappa shape index (κ3) is 3.14. The first-order chi connectivity index (χ1) is 9.06. The van der Waals surface area contributed by atoms with Crippen LogP contribution in [0.5, 0.6) is 11.5 Å². The molecule has 0 amide bonds. The van der Waals surface area contributed by atoms with Crippen LogP contribution < -0.4 is 14.8 Å². The van der Waals surface area contributed by atoms with Gasteiger partial charge in [-0.2, -0.15) is 0 Å². The Morgan fingerprint density at radius 1 is 1.32 bits per heavy atom. The Bertz CT molecular complexity index is 429. The summed E-state index contributed by atoms with van der Waals surface area (Å²) in [7, 11) is 1.68. The third-order valence-corrected chi connectivity index (χ3v) is 4.06. The van der Waals surface area contributed by atoms with Gasteiger partial charge in [0.2, 0.25) is 0 Å². The Labute approximate surface area is 116 Å². The monoisotopic (exact) mass is 263 g/mol. The molecular formula is C16H25NO2. The fourth-order valence-corrected chi connectivity index (χ4v) is 2.83. The maximum absolute atomic E-state index is 5.54. The van der Waals surface area contributed by atoms with Gasteiger partial charge in [-0.25, -0.2) is 0 Å². The van der Waals surface area contributed by atoms with Crippen molar-refractivity contribution in [2.24, 2.45) is 5.41 Å². The Morgan fingerprint density at radius 2 is 2.11 bits per heavy atom. The van der Waals surface area contributed by atoms with E-state index in [2.05, 4.69) is 25.2 Å². The largest absolute Gasteiger partial charge is 0.493 e. The smallest absolute Gasteiger partial charge is 0.162 e. The predicted octanol–water partition coefficient (Wildman–Crippen LogP) is 4.08. The molecule has 0 heterocycles. The van der Waals surface area contributed by atoms with Crippen LogP contribution in [0.3, 0.4) is 0 Å². The maximum atomic E-state index is 5.54. The van der Waals surface area contributed by atoms with E-state index >= 15 is 0 Å². The molecule has 0 aliphatic heterocycles. The summed E-state index contributed by atoms with van der Waals surface area (Å²) in [5.74, 6) is 1.60. The molecule has 1 aliphatic carbocycles. The standard InChI is InChI=1S/C16H25NO2/c1-5-19-13-9-8-12(11-14(13)18-4)17-15-7-6-10-16(15,2)3/h8-9,11,15,17H,5-7,10H2,1-4H3. The molecule has 0 aromatic heterocycles. The zero-order valence-corrected chi connectivity index (χ0v) is 12.5. The normalized spacial score (nSPS) is 21.2. The summed E-state index contributed by atoms with van der Waals surface area (Å²) in [6.45, 7) is 7.30. The highest BCUT2D eigenvalue weighted by atomic mass is 16.5. The SMILES string of the molecule is CCOc1ccc(NC2CCCC2(C)C)cc1OC. The molecule has 1 unspecified atom stereocenters. The van der Waals surface area contributed by atoms with Gasteiger partial charge >= 0.3 is 0 Å². The van der Waals surface area contributed by atoms with Crippen LogP contribution >= 0.6 is 0 Å². The summed E-state index contributed by atoms with van der Waals surface area (Å²) in [6, 6.07) is 6.61. The molecule has 1 fully saturated rings. The van der Waals surface area contributed by atoms with Crippen LogP contribution in [-0.4, -0.2) is 19.8 Å². The van der Waals surface area contributed by atoms with Crippen LogP contribution in [0.2, 0.25) is 0 Å². The number of ether oxygens (including phenoxy) is 2. The molecule has 1 aromatic rings. The molecule has 1 aromatic carbocycles. The summed E-state index contributed by atoms with van der Waals surface area (Å²) in [6.07, 6.45) is 3.83. The molecule has 1 atom stereocenters. The van der Waals surface area contributed by atoms with Crippen LogP contribution in [-0.2, 0) is 0 Å². The summed E-state index contributed by atoms with van der Waals surface area (Å²) in [5.41, 5.74) is 1.48. The second kappa shape index (κ2) is 5.72. The van der Waals surface area contributed by atoms with Crippen molar-refractivity contribution in [3.05, 3.63) is 18.2 Å². The lowest BCUT2D eigenvalue weighted by molar-refractivity contribution is 0.311. The second-order valence-electron chi connectivity index (χ2n) is 5.88. The van der Waals surface area contributed by atoms with Gasteiger partial charge in [0.25, 0.3) is 0 Å². The highest BCUT2D eigenvalue weighted by Crippen LogP contribution is 2.40. The average Bonchev–Trinajstić information content (AvgIpc) is 2.71. The van der Waals surface area contributed by atoms with E-state index in [-0.39, 0.29) is 0 Å². The molecular weight excluding hydrogens is 238 g/mol. The average molecular weight is 263 g/mol. The molecule has 0 saturated heterocycles. The molecule has 1 saturated carbocycles. The van der Waals surface area contributed by atoms with Gasteiger partial charge in [-0.1, -0.05) is 20.3 Å². The van der Waals surface area contributed by atoms with Crippen molar-refractivity contribution in [3.63, 3.8) is 0 Å². The first kappa shape index (κ1) is 14.0. The molecule has 3 heteroatoms. The number of anilines is 1. The van der Waals surface area contributed by atoms with Crippen LogP contribution in [0.1, 0.15) is 40.0 Å². The lowest BCUT2D eigenvalue weighted by atomic mass is 9.87. The minimum Gasteiger partial charge on any atom is -0.493 e. The molecule has 3 nitrogen and oxygen atoms in total. The number of benzene rings is 1. The minimum absolute atomic E-state index is 0.367. The number of hydrogen-bond acceptors (Lipinski definition) is 3. The highest BCUT2D eigenvalue weighted by molar-refractivity contribution is 5.55. The Hall–Kier alpha value is -1.38. The highest BCUT2D eigenvalue weighted by Gasteiger charge is 2.34. The van der Waals surface area contributed by atoms with Crippen molar-refractivity contribution in [2.75, 3.05) is 19.0 Å². The van der Waals surface area contributed by atoms with Crippen molar-refractivity contribution in [2.45, 2.75) is 46.1 Å². The fraction of sp³-hybridized carbons (Fsp3) is 0.625. The van der Waals surface area contributed by atoms with Gasteiger partial charge in [-0.3, -0.25) is 0 Å². The van der Waals surface area contributed by atoms with Gasteiger partial charge in [-0.15, -0.1) is 0 Å². The zero-order valence-electron chi connectivity index (χ0n) is 12.5. The van der Waals surface area contributed by atoms with Crippen molar-refractivity contribution in [3.8, 4) is 11.5 Å². The van der Waals surface area contributed by atoms with Crippen LogP contribution in [0.15, 0.2) is 18.2 Å². The second-order valence-corrected chi connectivity index (χ2v) is 5.88. The summed E-state index contributed by atoms with van der Waals surface area (Å²) in [4.78, 5) is 0. The first-order valence-corrected chi connectivity index (χ1v) is 7.14. The van der Waals surface area contributed by atoms with Gasteiger partial charge in [0.05, 0.1) is 13.7 Å². The van der Waals surface area contributed by atoms with E-state index in [4.69, 9.17) is 9.47 Å². The van der Waals surface area contributed by atoms with E-state index in [1.807, 2.05) is 19.1 Å². The summed E-state index contributed by atoms with van der Waals surface area (Å²) >= 11 is 0. The van der Waals surface area contributed by atoms with E-state index in [1.165, 1.54) is 19.3 Å². The van der Waals surface area contributed by atoms with Crippen LogP contribution in [0.4, 0.5) is 5.69 Å². The first-order valence-electron chi connectivity index (χ1n) is 7.14.